The first-order valence-corrected chi connectivity index (χ1v) is 12.9. The molecule has 3 heterocycles. The van der Waals surface area contributed by atoms with Crippen molar-refractivity contribution in [2.45, 2.75) is 20.0 Å². The van der Waals surface area contributed by atoms with Gasteiger partial charge >= 0.3 is 6.18 Å². The highest BCUT2D eigenvalue weighted by Crippen LogP contribution is 2.40. The Kier molecular flexibility index (Phi) is 8.42. The monoisotopic (exact) mass is 543 g/mol. The fraction of sp³-hybridized carbons (Fsp3) is 0.308. The summed E-state index contributed by atoms with van der Waals surface area (Å²) in [6.45, 7) is 10.2. The van der Waals surface area contributed by atoms with Gasteiger partial charge in [0.15, 0.2) is 0 Å². The number of aliphatic imine (C=N–C) groups is 1. The van der Waals surface area contributed by atoms with Gasteiger partial charge in [-0.2, -0.15) is 23.3 Å². The number of nitrogens with one attached hydrogen (secondary N) is 2. The third-order valence-corrected chi connectivity index (χ3v) is 6.78. The summed E-state index contributed by atoms with van der Waals surface area (Å²) in [5.41, 5.74) is 0.638. The zero-order valence-corrected chi connectivity index (χ0v) is 21.9. The Hall–Kier alpha value is -3.77. The number of alkyl halides is 3. The number of anilines is 1. The number of hydrogen-bond donors (Lipinski definition) is 2. The molecule has 0 bridgehead atoms. The van der Waals surface area contributed by atoms with Gasteiger partial charge in [0.2, 0.25) is 11.9 Å². The van der Waals surface area contributed by atoms with Crippen molar-refractivity contribution in [2.24, 2.45) is 10.1 Å². The predicted molar refractivity (Wildman–Crippen MR) is 147 cm³/mol. The lowest BCUT2D eigenvalue weighted by atomic mass is 10.1. The summed E-state index contributed by atoms with van der Waals surface area (Å²) in [5.74, 6) is 0.122. The van der Waals surface area contributed by atoms with Crippen molar-refractivity contribution in [3.63, 3.8) is 0 Å². The Morgan fingerprint density at radius 3 is 2.58 bits per heavy atom. The van der Waals surface area contributed by atoms with Crippen molar-refractivity contribution in [1.29, 1.82) is 5.41 Å². The van der Waals surface area contributed by atoms with Crippen molar-refractivity contribution >= 4 is 45.3 Å². The molecule has 0 saturated carbocycles. The highest BCUT2D eigenvalue weighted by molar-refractivity contribution is 7.20. The lowest BCUT2D eigenvalue weighted by Crippen LogP contribution is -2.45. The molecule has 1 saturated heterocycles. The molecule has 1 aliphatic rings. The highest BCUT2D eigenvalue weighted by Gasteiger charge is 2.34. The SMILES string of the molecule is C=CN(/N=C\C)c1ccc(-c2cc(C(F)(F)F)c3cc(/C(=N\C(=N)N4CCNCC4)OCC)sc3n2)cc1. The number of benzene rings is 1. The Balaban J connectivity index is 1.76. The largest absolute Gasteiger partial charge is 0.477 e. The third-order valence-electron chi connectivity index (χ3n) is 5.77. The number of piperazine rings is 1. The van der Waals surface area contributed by atoms with Crippen LogP contribution in [0.1, 0.15) is 24.3 Å². The number of guanidine groups is 1. The van der Waals surface area contributed by atoms with E-state index in [1.165, 1.54) is 12.3 Å². The summed E-state index contributed by atoms with van der Waals surface area (Å²) in [6.07, 6.45) is -1.45. The number of aromatic nitrogens is 1. The quantitative estimate of drug-likeness (QED) is 0.241. The molecular formula is C26H28F3N7OS. The zero-order valence-electron chi connectivity index (χ0n) is 21.0. The van der Waals surface area contributed by atoms with Crippen LogP contribution < -0.4 is 10.3 Å². The second-order valence-electron chi connectivity index (χ2n) is 8.24. The van der Waals surface area contributed by atoms with Crippen LogP contribution in [0, 0.1) is 5.41 Å². The van der Waals surface area contributed by atoms with Crippen LogP contribution in [-0.2, 0) is 10.9 Å². The maximum Gasteiger partial charge on any atom is 0.417 e. The molecule has 38 heavy (non-hydrogen) atoms. The number of hydrogen-bond acceptors (Lipinski definition) is 7. The molecule has 0 radical (unpaired) electrons. The second kappa shape index (κ2) is 11.7. The predicted octanol–water partition coefficient (Wildman–Crippen LogP) is 5.56. The van der Waals surface area contributed by atoms with Crippen LogP contribution in [0.4, 0.5) is 18.9 Å². The number of halogens is 3. The fourth-order valence-corrected chi connectivity index (χ4v) is 4.97. The topological polar surface area (TPSA) is 89.2 Å². The molecule has 1 aromatic carbocycles. The lowest BCUT2D eigenvalue weighted by molar-refractivity contribution is -0.136. The van der Waals surface area contributed by atoms with Gasteiger partial charge in [-0.1, -0.05) is 18.7 Å². The maximum atomic E-state index is 14.2. The van der Waals surface area contributed by atoms with Gasteiger partial charge in [0.05, 0.1) is 28.4 Å². The van der Waals surface area contributed by atoms with Crippen LogP contribution in [0.15, 0.2) is 59.3 Å². The van der Waals surface area contributed by atoms with E-state index in [0.717, 1.165) is 30.5 Å². The number of pyridine rings is 1. The van der Waals surface area contributed by atoms with E-state index in [1.807, 2.05) is 0 Å². The summed E-state index contributed by atoms with van der Waals surface area (Å²) >= 11 is 1.06. The van der Waals surface area contributed by atoms with Crippen LogP contribution in [0.3, 0.4) is 0 Å². The first kappa shape index (κ1) is 27.3. The molecule has 1 fully saturated rings. The van der Waals surface area contributed by atoms with Gasteiger partial charge in [0.1, 0.15) is 4.83 Å². The Morgan fingerprint density at radius 1 is 1.26 bits per heavy atom. The number of nitrogens with zero attached hydrogens (tertiary/aromatic N) is 5. The molecule has 0 atom stereocenters. The minimum Gasteiger partial charge on any atom is -0.477 e. The molecule has 4 rings (SSSR count). The Morgan fingerprint density at radius 2 is 1.97 bits per heavy atom. The molecule has 8 nitrogen and oxygen atoms in total. The van der Waals surface area contributed by atoms with Gasteiger partial charge in [0, 0.05) is 49.5 Å². The van der Waals surface area contributed by atoms with E-state index in [1.54, 1.807) is 54.2 Å². The summed E-state index contributed by atoms with van der Waals surface area (Å²) in [4.78, 5) is 11.3. The van der Waals surface area contributed by atoms with Crippen LogP contribution in [0.2, 0.25) is 0 Å². The first-order chi connectivity index (χ1) is 18.2. The van der Waals surface area contributed by atoms with Gasteiger partial charge in [-0.05, 0) is 38.1 Å². The maximum absolute atomic E-state index is 14.2. The Bertz CT molecular complexity index is 1360. The third kappa shape index (κ3) is 6.03. The van der Waals surface area contributed by atoms with Crippen LogP contribution in [-0.4, -0.2) is 60.7 Å². The van der Waals surface area contributed by atoms with Crippen LogP contribution in [0.5, 0.6) is 0 Å². The van der Waals surface area contributed by atoms with Crippen LogP contribution >= 0.6 is 11.3 Å². The molecule has 2 aromatic heterocycles. The van der Waals surface area contributed by atoms with E-state index in [2.05, 4.69) is 27.0 Å². The van der Waals surface area contributed by atoms with E-state index >= 15 is 0 Å². The van der Waals surface area contributed by atoms with Gasteiger partial charge < -0.3 is 15.0 Å². The number of ether oxygens (including phenoxy) is 1. The van der Waals surface area contributed by atoms with E-state index in [-0.39, 0.29) is 34.4 Å². The molecule has 1 aliphatic heterocycles. The van der Waals surface area contributed by atoms with Crippen molar-refractivity contribution in [2.75, 3.05) is 37.8 Å². The number of hydrazone groups is 1. The number of rotatable bonds is 6. The molecule has 200 valence electrons. The molecule has 0 aliphatic carbocycles. The first-order valence-electron chi connectivity index (χ1n) is 12.0. The molecule has 0 amide bonds. The molecular weight excluding hydrogens is 515 g/mol. The molecule has 0 unspecified atom stereocenters. The number of thiophene rings is 1. The normalized spacial score (nSPS) is 14.8. The Labute approximate surface area is 222 Å². The van der Waals surface area contributed by atoms with E-state index in [9.17, 15) is 13.2 Å². The molecule has 3 aromatic rings. The smallest absolute Gasteiger partial charge is 0.417 e. The summed E-state index contributed by atoms with van der Waals surface area (Å²) in [6, 6.07) is 9.33. The van der Waals surface area contributed by atoms with Gasteiger partial charge in [0.25, 0.3) is 0 Å². The van der Waals surface area contributed by atoms with Gasteiger partial charge in [-0.25, -0.2) is 9.99 Å². The fourth-order valence-electron chi connectivity index (χ4n) is 3.97. The van der Waals surface area contributed by atoms with E-state index < -0.39 is 11.7 Å². The average Bonchev–Trinajstić information content (AvgIpc) is 3.35. The highest BCUT2D eigenvalue weighted by atomic mass is 32.1. The average molecular weight is 544 g/mol. The van der Waals surface area contributed by atoms with Gasteiger partial charge in [-0.3, -0.25) is 5.41 Å². The minimum atomic E-state index is -4.60. The van der Waals surface area contributed by atoms with E-state index in [4.69, 9.17) is 10.1 Å². The standard InChI is InChI=1S/C26H28F3N7OS/c1-4-32-36(5-2)18-9-7-17(8-10-18)21-16-20(26(27,28)29)19-15-22(38-24(19)33-21)23(37-6-3)34-25(30)35-13-11-31-12-14-35/h4-5,7-10,15-16,30-31H,2,6,11-14H2,1,3H3/b30-25?,32-4-,34-23+. The zero-order chi connectivity index (χ0) is 27.3. The lowest BCUT2D eigenvalue weighted by Gasteiger charge is -2.27. The van der Waals surface area contributed by atoms with Gasteiger partial charge in [-0.15, -0.1) is 11.3 Å². The van der Waals surface area contributed by atoms with Crippen LogP contribution in [0.25, 0.3) is 21.5 Å². The second-order valence-corrected chi connectivity index (χ2v) is 9.27. The summed E-state index contributed by atoms with van der Waals surface area (Å²) < 4.78 is 48.2. The summed E-state index contributed by atoms with van der Waals surface area (Å²) in [5, 5.41) is 17.3. The molecule has 2 N–H and O–H groups in total. The van der Waals surface area contributed by atoms with Crippen molar-refractivity contribution in [1.82, 2.24) is 15.2 Å². The van der Waals surface area contributed by atoms with Crippen molar-refractivity contribution < 1.29 is 17.9 Å². The van der Waals surface area contributed by atoms with Crippen molar-refractivity contribution in [3.8, 4) is 11.3 Å². The number of fused-ring (bicyclic) bond motifs is 1. The molecule has 12 heteroatoms. The van der Waals surface area contributed by atoms with Crippen molar-refractivity contribution in [3.05, 3.63) is 59.6 Å². The molecule has 0 spiro atoms. The van der Waals surface area contributed by atoms with E-state index in [0.29, 0.717) is 29.2 Å². The minimum absolute atomic E-state index is 0.0122. The summed E-state index contributed by atoms with van der Waals surface area (Å²) in [7, 11) is 0.